The first-order chi connectivity index (χ1) is 22.1. The van der Waals surface area contributed by atoms with Gasteiger partial charge in [0.1, 0.15) is 6.61 Å². The van der Waals surface area contributed by atoms with Gasteiger partial charge < -0.3 is 14.6 Å². The van der Waals surface area contributed by atoms with Crippen molar-refractivity contribution >= 4 is 11.9 Å². The number of aliphatic hydroxyl groups excluding tert-OH is 1. The Morgan fingerprint density at radius 3 is 0.978 bits per heavy atom. The normalized spacial score (nSPS) is 12.0. The Balaban J connectivity index is 3.45. The second-order valence-electron chi connectivity index (χ2n) is 13.7. The molecular formula is C40H78O5. The van der Waals surface area contributed by atoms with Crippen LogP contribution in [0.1, 0.15) is 226 Å². The third kappa shape index (κ3) is 35.6. The molecule has 0 spiro atoms. The zero-order chi connectivity index (χ0) is 32.9. The molecule has 0 heterocycles. The molecule has 0 unspecified atom stereocenters. The second kappa shape index (κ2) is 37.4. The van der Waals surface area contributed by atoms with Crippen LogP contribution in [0.25, 0.3) is 0 Å². The smallest absolute Gasteiger partial charge is 0.306 e. The number of unbranched alkanes of at least 4 members (excludes halogenated alkanes) is 29. The number of ether oxygens (including phenoxy) is 2. The highest BCUT2D eigenvalue weighted by Gasteiger charge is 2.16. The van der Waals surface area contributed by atoms with Crippen molar-refractivity contribution in [3.63, 3.8) is 0 Å². The van der Waals surface area contributed by atoms with E-state index in [1.165, 1.54) is 167 Å². The summed E-state index contributed by atoms with van der Waals surface area (Å²) in [7, 11) is 0. The van der Waals surface area contributed by atoms with Gasteiger partial charge >= 0.3 is 11.9 Å². The lowest BCUT2D eigenvalue weighted by molar-refractivity contribution is -0.161. The average molecular weight is 639 g/mol. The zero-order valence-electron chi connectivity index (χ0n) is 30.4. The van der Waals surface area contributed by atoms with E-state index in [0.29, 0.717) is 12.8 Å². The molecular weight excluding hydrogens is 560 g/mol. The summed E-state index contributed by atoms with van der Waals surface area (Å²) < 4.78 is 10.6. The molecule has 0 aromatic rings. The van der Waals surface area contributed by atoms with Gasteiger partial charge in [-0.2, -0.15) is 0 Å². The number of carbonyl (C=O) groups excluding carboxylic acids is 2. The number of rotatable bonds is 37. The number of esters is 2. The predicted molar refractivity (Wildman–Crippen MR) is 192 cm³/mol. The van der Waals surface area contributed by atoms with Gasteiger partial charge in [-0.3, -0.25) is 9.59 Å². The Hall–Kier alpha value is -1.10. The van der Waals surface area contributed by atoms with Crippen molar-refractivity contribution in [3.8, 4) is 0 Å². The summed E-state index contributed by atoms with van der Waals surface area (Å²) in [6, 6.07) is 0. The molecule has 0 rings (SSSR count). The molecule has 0 aliphatic heterocycles. The van der Waals surface area contributed by atoms with Gasteiger partial charge in [-0.15, -0.1) is 0 Å². The van der Waals surface area contributed by atoms with Crippen LogP contribution in [0.2, 0.25) is 0 Å². The minimum atomic E-state index is -0.760. The molecule has 5 heteroatoms. The molecule has 0 bridgehead atoms. The summed E-state index contributed by atoms with van der Waals surface area (Å²) in [5.41, 5.74) is 0. The summed E-state index contributed by atoms with van der Waals surface area (Å²) in [5.74, 6) is -0.577. The maximum atomic E-state index is 12.1. The van der Waals surface area contributed by atoms with Gasteiger partial charge in [0.25, 0.3) is 0 Å². The Morgan fingerprint density at radius 2 is 0.689 bits per heavy atom. The minimum Gasteiger partial charge on any atom is -0.462 e. The fourth-order valence-corrected chi connectivity index (χ4v) is 6.08. The first kappa shape index (κ1) is 43.9. The predicted octanol–water partition coefficient (Wildman–Crippen LogP) is 12.3. The molecule has 5 nitrogen and oxygen atoms in total. The summed E-state index contributed by atoms with van der Waals surface area (Å²) in [5, 5.41) is 9.53. The van der Waals surface area contributed by atoms with Crippen LogP contribution in [0.4, 0.5) is 0 Å². The van der Waals surface area contributed by atoms with E-state index in [-0.39, 0.29) is 25.2 Å². The third-order valence-electron chi connectivity index (χ3n) is 9.15. The SMILES string of the molecule is CCCCCCCCCCCCCCCCCCCCCCC(=O)OC[C@H](CO)OC(=O)CCCCCCCCCCCCC. The maximum absolute atomic E-state index is 12.1. The highest BCUT2D eigenvalue weighted by Crippen LogP contribution is 2.16. The van der Waals surface area contributed by atoms with Crippen LogP contribution >= 0.6 is 0 Å². The van der Waals surface area contributed by atoms with Gasteiger partial charge in [0.05, 0.1) is 6.61 Å². The topological polar surface area (TPSA) is 72.8 Å². The fraction of sp³-hybridized carbons (Fsp3) is 0.950. The van der Waals surface area contributed by atoms with E-state index in [2.05, 4.69) is 13.8 Å². The molecule has 0 saturated carbocycles. The Bertz CT molecular complexity index is 607. The molecule has 0 fully saturated rings. The molecule has 0 radical (unpaired) electrons. The van der Waals surface area contributed by atoms with Gasteiger partial charge in [0.15, 0.2) is 6.10 Å². The molecule has 0 aromatic carbocycles. The third-order valence-corrected chi connectivity index (χ3v) is 9.15. The molecule has 0 amide bonds. The molecule has 0 saturated heterocycles. The van der Waals surface area contributed by atoms with Crippen LogP contribution in [-0.4, -0.2) is 36.4 Å². The lowest BCUT2D eigenvalue weighted by Crippen LogP contribution is -2.28. The molecule has 0 aliphatic rings. The van der Waals surface area contributed by atoms with Crippen molar-refractivity contribution in [2.45, 2.75) is 232 Å². The Labute approximate surface area is 280 Å². The van der Waals surface area contributed by atoms with Gasteiger partial charge in [0.2, 0.25) is 0 Å². The van der Waals surface area contributed by atoms with Gasteiger partial charge in [0, 0.05) is 12.8 Å². The van der Waals surface area contributed by atoms with E-state index in [4.69, 9.17) is 9.47 Å². The van der Waals surface area contributed by atoms with Gasteiger partial charge in [-0.1, -0.05) is 200 Å². The van der Waals surface area contributed by atoms with Crippen molar-refractivity contribution in [2.24, 2.45) is 0 Å². The summed E-state index contributed by atoms with van der Waals surface area (Å²) in [6.07, 6.45) is 40.3. The van der Waals surface area contributed by atoms with Gasteiger partial charge in [-0.25, -0.2) is 0 Å². The molecule has 0 aliphatic carbocycles. The van der Waals surface area contributed by atoms with Crippen molar-refractivity contribution in [1.82, 2.24) is 0 Å². The van der Waals surface area contributed by atoms with E-state index < -0.39 is 6.10 Å². The molecule has 1 atom stereocenters. The van der Waals surface area contributed by atoms with E-state index in [1.807, 2.05) is 0 Å². The maximum Gasteiger partial charge on any atom is 0.306 e. The lowest BCUT2D eigenvalue weighted by Gasteiger charge is -2.15. The average Bonchev–Trinajstić information content (AvgIpc) is 3.04. The summed E-state index contributed by atoms with van der Waals surface area (Å²) in [6.45, 7) is 4.15. The second-order valence-corrected chi connectivity index (χ2v) is 13.7. The van der Waals surface area contributed by atoms with Crippen molar-refractivity contribution in [2.75, 3.05) is 13.2 Å². The lowest BCUT2D eigenvalue weighted by atomic mass is 10.0. The van der Waals surface area contributed by atoms with Crippen molar-refractivity contribution < 1.29 is 24.2 Å². The number of hydrogen-bond donors (Lipinski definition) is 1. The fourth-order valence-electron chi connectivity index (χ4n) is 6.08. The molecule has 1 N–H and O–H groups in total. The standard InChI is InChI=1S/C40H78O5/c1-3-5-7-9-11-13-15-16-17-18-19-20-21-22-23-25-26-28-30-32-34-39(42)44-37-38(36-41)45-40(43)35-33-31-29-27-24-14-12-10-8-6-4-2/h38,41H,3-37H2,1-2H3/t38-/m0/s1. The number of hydrogen-bond acceptors (Lipinski definition) is 5. The molecule has 0 aromatic heterocycles. The number of aliphatic hydroxyl groups is 1. The minimum absolute atomic E-state index is 0.0570. The highest BCUT2D eigenvalue weighted by molar-refractivity contribution is 5.70. The quantitative estimate of drug-likeness (QED) is 0.0541. The van der Waals surface area contributed by atoms with E-state index in [0.717, 1.165) is 32.1 Å². The van der Waals surface area contributed by atoms with Gasteiger partial charge in [-0.05, 0) is 12.8 Å². The zero-order valence-corrected chi connectivity index (χ0v) is 30.4. The van der Waals surface area contributed by atoms with Crippen LogP contribution in [0, 0.1) is 0 Å². The van der Waals surface area contributed by atoms with Crippen LogP contribution in [-0.2, 0) is 19.1 Å². The van der Waals surface area contributed by atoms with E-state index >= 15 is 0 Å². The molecule has 268 valence electrons. The van der Waals surface area contributed by atoms with Crippen LogP contribution in [0.15, 0.2) is 0 Å². The Morgan fingerprint density at radius 1 is 0.422 bits per heavy atom. The van der Waals surface area contributed by atoms with Crippen LogP contribution in [0.3, 0.4) is 0 Å². The summed E-state index contributed by atoms with van der Waals surface area (Å²) >= 11 is 0. The Kier molecular flexibility index (Phi) is 36.4. The first-order valence-electron chi connectivity index (χ1n) is 20.1. The van der Waals surface area contributed by atoms with Crippen LogP contribution < -0.4 is 0 Å². The first-order valence-corrected chi connectivity index (χ1v) is 20.1. The highest BCUT2D eigenvalue weighted by atomic mass is 16.6. The number of carbonyl (C=O) groups is 2. The van der Waals surface area contributed by atoms with Crippen molar-refractivity contribution in [3.05, 3.63) is 0 Å². The van der Waals surface area contributed by atoms with E-state index in [1.54, 1.807) is 0 Å². The monoisotopic (exact) mass is 639 g/mol. The molecule has 45 heavy (non-hydrogen) atoms. The summed E-state index contributed by atoms with van der Waals surface area (Å²) in [4.78, 5) is 24.2. The largest absolute Gasteiger partial charge is 0.462 e. The van der Waals surface area contributed by atoms with Crippen LogP contribution in [0.5, 0.6) is 0 Å². The van der Waals surface area contributed by atoms with E-state index in [9.17, 15) is 14.7 Å². The van der Waals surface area contributed by atoms with Crippen molar-refractivity contribution in [1.29, 1.82) is 0 Å².